The van der Waals surface area contributed by atoms with Crippen molar-refractivity contribution in [3.63, 3.8) is 0 Å². The van der Waals surface area contributed by atoms with Crippen LogP contribution in [0.2, 0.25) is 5.02 Å². The highest BCUT2D eigenvalue weighted by atomic mass is 35.5. The maximum absolute atomic E-state index is 13.7. The lowest BCUT2D eigenvalue weighted by Gasteiger charge is -2.05. The molecular formula is C12H10ClFN2O. The van der Waals surface area contributed by atoms with Crippen LogP contribution >= 0.6 is 11.6 Å². The van der Waals surface area contributed by atoms with Gasteiger partial charge in [0.05, 0.1) is 17.0 Å². The van der Waals surface area contributed by atoms with Crippen molar-refractivity contribution in [3.8, 4) is 5.69 Å². The van der Waals surface area contributed by atoms with Gasteiger partial charge >= 0.3 is 0 Å². The van der Waals surface area contributed by atoms with E-state index < -0.39 is 5.82 Å². The number of aryl methyl sites for hydroxylation is 1. The summed E-state index contributed by atoms with van der Waals surface area (Å²) in [6, 6.07) is 4.33. The van der Waals surface area contributed by atoms with Crippen LogP contribution in [0.5, 0.6) is 0 Å². The highest BCUT2D eigenvalue weighted by Crippen LogP contribution is 2.21. The van der Waals surface area contributed by atoms with Gasteiger partial charge in [-0.05, 0) is 32.0 Å². The Morgan fingerprint density at radius 1 is 1.41 bits per heavy atom. The monoisotopic (exact) mass is 252 g/mol. The van der Waals surface area contributed by atoms with E-state index >= 15 is 0 Å². The first-order valence-corrected chi connectivity index (χ1v) is 5.39. The largest absolute Gasteiger partial charge is 0.298 e. The van der Waals surface area contributed by atoms with E-state index in [9.17, 15) is 9.18 Å². The van der Waals surface area contributed by atoms with Gasteiger partial charge in [0.15, 0.2) is 6.29 Å². The Balaban J connectivity index is 2.65. The van der Waals surface area contributed by atoms with Crippen LogP contribution in [-0.2, 0) is 0 Å². The van der Waals surface area contributed by atoms with E-state index in [1.54, 1.807) is 19.9 Å². The van der Waals surface area contributed by atoms with Crippen molar-refractivity contribution in [1.82, 2.24) is 9.78 Å². The smallest absolute Gasteiger partial charge is 0.153 e. The number of nitrogens with zero attached hydrogens (tertiary/aromatic N) is 2. The van der Waals surface area contributed by atoms with Crippen LogP contribution in [0.1, 0.15) is 21.7 Å². The summed E-state index contributed by atoms with van der Waals surface area (Å²) >= 11 is 5.68. The first-order chi connectivity index (χ1) is 8.04. The molecule has 0 amide bonds. The topological polar surface area (TPSA) is 34.9 Å². The third kappa shape index (κ3) is 1.96. The number of carbonyl (C=O) groups is 1. The highest BCUT2D eigenvalue weighted by Gasteiger charge is 2.14. The van der Waals surface area contributed by atoms with Crippen LogP contribution in [0.3, 0.4) is 0 Å². The minimum atomic E-state index is -0.472. The molecule has 1 aromatic heterocycles. The summed E-state index contributed by atoms with van der Waals surface area (Å²) < 4.78 is 15.1. The first kappa shape index (κ1) is 11.8. The molecular weight excluding hydrogens is 243 g/mol. The normalized spacial score (nSPS) is 10.6. The fraction of sp³-hybridized carbons (Fsp3) is 0.167. The molecule has 0 aliphatic rings. The average molecular weight is 253 g/mol. The fourth-order valence-electron chi connectivity index (χ4n) is 1.71. The maximum atomic E-state index is 13.7. The third-order valence-electron chi connectivity index (χ3n) is 2.60. The van der Waals surface area contributed by atoms with Crippen molar-refractivity contribution >= 4 is 17.9 Å². The molecule has 0 atom stereocenters. The molecule has 17 heavy (non-hydrogen) atoms. The zero-order valence-corrected chi connectivity index (χ0v) is 10.1. The molecule has 5 heteroatoms. The predicted molar refractivity (Wildman–Crippen MR) is 63.4 cm³/mol. The Kier molecular flexibility index (Phi) is 2.98. The van der Waals surface area contributed by atoms with E-state index in [1.807, 2.05) is 0 Å². The van der Waals surface area contributed by atoms with Crippen LogP contribution < -0.4 is 0 Å². The van der Waals surface area contributed by atoms with Gasteiger partial charge in [0.2, 0.25) is 0 Å². The number of benzene rings is 1. The van der Waals surface area contributed by atoms with E-state index in [4.69, 9.17) is 11.6 Å². The van der Waals surface area contributed by atoms with Gasteiger partial charge in [0.25, 0.3) is 0 Å². The Hall–Kier alpha value is -1.68. The number of aldehydes is 1. The van der Waals surface area contributed by atoms with E-state index in [0.29, 0.717) is 22.0 Å². The molecule has 1 heterocycles. The molecule has 2 rings (SSSR count). The van der Waals surface area contributed by atoms with Crippen LogP contribution in [0.4, 0.5) is 4.39 Å². The zero-order valence-electron chi connectivity index (χ0n) is 9.37. The molecule has 3 nitrogen and oxygen atoms in total. The second-order valence-corrected chi connectivity index (χ2v) is 4.15. The molecule has 0 N–H and O–H groups in total. The molecule has 2 aromatic rings. The van der Waals surface area contributed by atoms with Gasteiger partial charge in [-0.2, -0.15) is 5.10 Å². The second kappa shape index (κ2) is 4.30. The van der Waals surface area contributed by atoms with Crippen LogP contribution in [0, 0.1) is 19.7 Å². The highest BCUT2D eigenvalue weighted by molar-refractivity contribution is 6.30. The Morgan fingerprint density at radius 3 is 2.65 bits per heavy atom. The van der Waals surface area contributed by atoms with Crippen LogP contribution in [-0.4, -0.2) is 16.1 Å². The second-order valence-electron chi connectivity index (χ2n) is 3.71. The maximum Gasteiger partial charge on any atom is 0.153 e. The van der Waals surface area contributed by atoms with Crippen molar-refractivity contribution in [3.05, 3.63) is 46.0 Å². The minimum absolute atomic E-state index is 0.281. The van der Waals surface area contributed by atoms with Gasteiger partial charge in [0, 0.05) is 5.02 Å². The van der Waals surface area contributed by atoms with Crippen LogP contribution in [0.25, 0.3) is 5.69 Å². The van der Waals surface area contributed by atoms with Crippen molar-refractivity contribution in [1.29, 1.82) is 0 Å². The number of hydrogen-bond donors (Lipinski definition) is 0. The fourth-order valence-corrected chi connectivity index (χ4v) is 1.87. The lowest BCUT2D eigenvalue weighted by Crippen LogP contribution is -2.02. The summed E-state index contributed by atoms with van der Waals surface area (Å²) in [6.07, 6.45) is 0.724. The summed E-state index contributed by atoms with van der Waals surface area (Å²) in [6.45, 7) is 3.43. The number of hydrogen-bond acceptors (Lipinski definition) is 2. The molecule has 0 unspecified atom stereocenters. The Morgan fingerprint density at radius 2 is 2.12 bits per heavy atom. The number of aromatic nitrogens is 2. The Labute approximate surface area is 103 Å². The Bertz CT molecular complexity index is 592. The zero-order chi connectivity index (χ0) is 12.6. The molecule has 1 aromatic carbocycles. The van der Waals surface area contributed by atoms with E-state index in [2.05, 4.69) is 5.10 Å². The lowest BCUT2D eigenvalue weighted by molar-refractivity contribution is 0.112. The molecule has 88 valence electrons. The molecule has 0 saturated carbocycles. The van der Waals surface area contributed by atoms with Crippen molar-refractivity contribution in [2.75, 3.05) is 0 Å². The van der Waals surface area contributed by atoms with Gasteiger partial charge in [-0.3, -0.25) is 4.79 Å². The van der Waals surface area contributed by atoms with Gasteiger partial charge in [-0.15, -0.1) is 0 Å². The van der Waals surface area contributed by atoms with Crippen LogP contribution in [0.15, 0.2) is 18.2 Å². The SMILES string of the molecule is Cc1nn(-c2ccc(Cl)cc2F)c(C)c1C=O. The average Bonchev–Trinajstić information content (AvgIpc) is 2.54. The predicted octanol–water partition coefficient (Wildman–Crippen LogP) is 3.09. The van der Waals surface area contributed by atoms with Gasteiger partial charge in [-0.1, -0.05) is 11.6 Å². The summed E-state index contributed by atoms with van der Waals surface area (Å²) in [5.74, 6) is -0.472. The van der Waals surface area contributed by atoms with Crippen molar-refractivity contribution in [2.24, 2.45) is 0 Å². The van der Waals surface area contributed by atoms with Crippen molar-refractivity contribution in [2.45, 2.75) is 13.8 Å². The first-order valence-electron chi connectivity index (χ1n) is 5.01. The molecule has 0 spiro atoms. The molecule has 0 bridgehead atoms. The minimum Gasteiger partial charge on any atom is -0.298 e. The standard InChI is InChI=1S/C12H10ClFN2O/c1-7-10(6-17)8(2)16(15-7)12-4-3-9(13)5-11(12)14/h3-6H,1-2H3. The molecule has 0 aliphatic heterocycles. The molecule has 0 saturated heterocycles. The van der Waals surface area contributed by atoms with E-state index in [0.717, 1.165) is 6.29 Å². The quantitative estimate of drug-likeness (QED) is 0.770. The van der Waals surface area contributed by atoms with E-state index in [-0.39, 0.29) is 5.69 Å². The molecule has 0 fully saturated rings. The van der Waals surface area contributed by atoms with Crippen molar-refractivity contribution < 1.29 is 9.18 Å². The summed E-state index contributed by atoms with van der Waals surface area (Å²) in [4.78, 5) is 10.9. The summed E-state index contributed by atoms with van der Waals surface area (Å²) in [5.41, 5.74) is 1.95. The number of carbonyl (C=O) groups excluding carboxylic acids is 1. The van der Waals surface area contributed by atoms with E-state index in [1.165, 1.54) is 16.8 Å². The third-order valence-corrected chi connectivity index (χ3v) is 2.84. The molecule has 0 radical (unpaired) electrons. The number of halogens is 2. The summed E-state index contributed by atoms with van der Waals surface area (Å²) in [7, 11) is 0. The molecule has 0 aliphatic carbocycles. The number of rotatable bonds is 2. The van der Waals surface area contributed by atoms with Gasteiger partial charge < -0.3 is 0 Å². The van der Waals surface area contributed by atoms with Gasteiger partial charge in [0.1, 0.15) is 11.5 Å². The lowest BCUT2D eigenvalue weighted by atomic mass is 10.2. The summed E-state index contributed by atoms with van der Waals surface area (Å²) in [5, 5.41) is 4.47. The van der Waals surface area contributed by atoms with Gasteiger partial charge in [-0.25, -0.2) is 9.07 Å².